The lowest BCUT2D eigenvalue weighted by Crippen LogP contribution is -2.38. The molecule has 3 heteroatoms. The molecule has 1 aromatic rings. The van der Waals surface area contributed by atoms with Crippen molar-refractivity contribution in [3.05, 3.63) is 35.4 Å². The van der Waals surface area contributed by atoms with E-state index in [4.69, 9.17) is 5.73 Å². The maximum absolute atomic E-state index is 11.8. The van der Waals surface area contributed by atoms with Gasteiger partial charge in [0.25, 0.3) is 0 Å². The van der Waals surface area contributed by atoms with Crippen LogP contribution in [0.3, 0.4) is 0 Å². The summed E-state index contributed by atoms with van der Waals surface area (Å²) in [6.07, 6.45) is 0. The highest BCUT2D eigenvalue weighted by Crippen LogP contribution is 2.22. The number of rotatable bonds is 4. The Balaban J connectivity index is 2.58. The third-order valence-electron chi connectivity index (χ3n) is 3.49. The minimum absolute atomic E-state index is 0.00916. The molecule has 0 saturated carbocycles. The van der Waals surface area contributed by atoms with Gasteiger partial charge in [0.1, 0.15) is 0 Å². The Morgan fingerprint density at radius 3 is 2.16 bits per heavy atom. The van der Waals surface area contributed by atoms with Gasteiger partial charge in [-0.1, -0.05) is 52.0 Å². The molecule has 1 rings (SSSR count). The van der Waals surface area contributed by atoms with Crippen molar-refractivity contribution in [2.75, 3.05) is 0 Å². The minimum atomic E-state index is -0.158. The summed E-state index contributed by atoms with van der Waals surface area (Å²) in [5, 5.41) is 2.92. The van der Waals surface area contributed by atoms with E-state index in [1.807, 2.05) is 13.8 Å². The molecule has 0 bridgehead atoms. The summed E-state index contributed by atoms with van der Waals surface area (Å²) in [7, 11) is 0. The van der Waals surface area contributed by atoms with Crippen molar-refractivity contribution in [1.29, 1.82) is 0 Å². The van der Waals surface area contributed by atoms with Crippen molar-refractivity contribution in [1.82, 2.24) is 5.32 Å². The fourth-order valence-corrected chi connectivity index (χ4v) is 1.71. The smallest absolute Gasteiger partial charge is 0.224 e. The average molecular weight is 262 g/mol. The van der Waals surface area contributed by atoms with Crippen LogP contribution in [0.25, 0.3) is 0 Å². The quantitative estimate of drug-likeness (QED) is 0.876. The summed E-state index contributed by atoms with van der Waals surface area (Å²) in [4.78, 5) is 11.8. The van der Waals surface area contributed by atoms with Crippen LogP contribution in [0.4, 0.5) is 0 Å². The first-order valence-corrected chi connectivity index (χ1v) is 6.84. The third-order valence-corrected chi connectivity index (χ3v) is 3.49. The van der Waals surface area contributed by atoms with Crippen LogP contribution < -0.4 is 11.1 Å². The Bertz CT molecular complexity index is 415. The molecule has 0 aliphatic rings. The number of carbonyl (C=O) groups excluding carboxylic acids is 1. The van der Waals surface area contributed by atoms with Crippen LogP contribution in [0.1, 0.15) is 45.7 Å². The number of nitrogens with one attached hydrogen (secondary N) is 1. The largest absolute Gasteiger partial charge is 0.352 e. The van der Waals surface area contributed by atoms with Crippen molar-refractivity contribution in [3.63, 3.8) is 0 Å². The molecule has 0 radical (unpaired) electrons. The van der Waals surface area contributed by atoms with E-state index in [-0.39, 0.29) is 23.3 Å². The van der Waals surface area contributed by atoms with Crippen LogP contribution in [0.5, 0.6) is 0 Å². The van der Waals surface area contributed by atoms with Crippen molar-refractivity contribution < 1.29 is 4.79 Å². The van der Waals surface area contributed by atoms with E-state index < -0.39 is 0 Å². The first kappa shape index (κ1) is 15.7. The summed E-state index contributed by atoms with van der Waals surface area (Å²) < 4.78 is 0. The fourth-order valence-electron chi connectivity index (χ4n) is 1.71. The second-order valence-corrected chi connectivity index (χ2v) is 6.31. The lowest BCUT2D eigenvalue weighted by Gasteiger charge is -2.19. The van der Waals surface area contributed by atoms with Gasteiger partial charge >= 0.3 is 0 Å². The van der Waals surface area contributed by atoms with Crippen molar-refractivity contribution in [3.8, 4) is 0 Å². The Hall–Kier alpha value is -1.35. The van der Waals surface area contributed by atoms with E-state index in [0.29, 0.717) is 6.54 Å². The van der Waals surface area contributed by atoms with Gasteiger partial charge < -0.3 is 11.1 Å². The lowest BCUT2D eigenvalue weighted by atomic mass is 9.87. The molecule has 0 spiro atoms. The predicted molar refractivity (Wildman–Crippen MR) is 79.8 cm³/mol. The highest BCUT2D eigenvalue weighted by Gasteiger charge is 2.16. The van der Waals surface area contributed by atoms with Gasteiger partial charge in [-0.25, -0.2) is 0 Å². The highest BCUT2D eigenvalue weighted by molar-refractivity contribution is 5.78. The van der Waals surface area contributed by atoms with Gasteiger partial charge in [-0.15, -0.1) is 0 Å². The van der Waals surface area contributed by atoms with E-state index in [9.17, 15) is 4.79 Å². The molecule has 3 nitrogen and oxygen atoms in total. The van der Waals surface area contributed by atoms with E-state index in [0.717, 1.165) is 5.56 Å². The summed E-state index contributed by atoms with van der Waals surface area (Å²) in [6.45, 7) is 10.8. The van der Waals surface area contributed by atoms with Crippen LogP contribution in [0, 0.1) is 5.92 Å². The topological polar surface area (TPSA) is 55.1 Å². The number of nitrogens with two attached hydrogens (primary N) is 1. The van der Waals surface area contributed by atoms with Gasteiger partial charge in [0, 0.05) is 18.5 Å². The molecule has 0 heterocycles. The van der Waals surface area contributed by atoms with Crippen LogP contribution in [0.15, 0.2) is 24.3 Å². The van der Waals surface area contributed by atoms with Gasteiger partial charge in [-0.3, -0.25) is 4.79 Å². The molecule has 0 aliphatic carbocycles. The number of amides is 1. The maximum Gasteiger partial charge on any atom is 0.224 e. The molecule has 2 atom stereocenters. The molecule has 106 valence electrons. The molecule has 0 aromatic heterocycles. The van der Waals surface area contributed by atoms with Crippen LogP contribution in [-0.4, -0.2) is 11.9 Å². The number of benzene rings is 1. The number of hydrogen-bond donors (Lipinski definition) is 2. The average Bonchev–Trinajstić information content (AvgIpc) is 2.34. The molecule has 3 N–H and O–H groups in total. The highest BCUT2D eigenvalue weighted by atomic mass is 16.1. The molecule has 0 aliphatic heterocycles. The zero-order valence-electron chi connectivity index (χ0n) is 12.7. The Morgan fingerprint density at radius 1 is 1.21 bits per heavy atom. The van der Waals surface area contributed by atoms with Gasteiger partial charge in [0.2, 0.25) is 5.91 Å². The molecular formula is C16H26N2O. The maximum atomic E-state index is 11.8. The van der Waals surface area contributed by atoms with Crippen LogP contribution in [0.2, 0.25) is 0 Å². The second kappa shape index (κ2) is 6.20. The predicted octanol–water partition coefficient (Wildman–Crippen LogP) is 2.58. The molecule has 1 amide bonds. The summed E-state index contributed by atoms with van der Waals surface area (Å²) in [5.41, 5.74) is 8.28. The zero-order valence-corrected chi connectivity index (χ0v) is 12.7. The normalized spacial score (nSPS) is 14.8. The number of carbonyl (C=O) groups is 1. The molecular weight excluding hydrogens is 236 g/mol. The van der Waals surface area contributed by atoms with Gasteiger partial charge in [0.05, 0.1) is 0 Å². The third kappa shape index (κ3) is 4.67. The molecule has 1 aromatic carbocycles. The number of hydrogen-bond acceptors (Lipinski definition) is 2. The van der Waals surface area contributed by atoms with E-state index in [1.165, 1.54) is 5.56 Å². The summed E-state index contributed by atoms with van der Waals surface area (Å²) in [6, 6.07) is 8.25. The summed E-state index contributed by atoms with van der Waals surface area (Å²) in [5.74, 6) is -0.149. The van der Waals surface area contributed by atoms with Gasteiger partial charge in [0.15, 0.2) is 0 Å². The van der Waals surface area contributed by atoms with E-state index in [2.05, 4.69) is 50.4 Å². The monoisotopic (exact) mass is 262 g/mol. The first-order valence-electron chi connectivity index (χ1n) is 6.84. The van der Waals surface area contributed by atoms with E-state index >= 15 is 0 Å². The standard InChI is InChI=1S/C16H26N2O/c1-11(12(2)17)15(19)18-10-13-6-8-14(9-7-13)16(3,4)5/h6-9,11-12H,10,17H2,1-5H3,(H,18,19). The second-order valence-electron chi connectivity index (χ2n) is 6.31. The van der Waals surface area contributed by atoms with Crippen LogP contribution >= 0.6 is 0 Å². The first-order chi connectivity index (χ1) is 8.71. The fraction of sp³-hybridized carbons (Fsp3) is 0.562. The summed E-state index contributed by atoms with van der Waals surface area (Å²) >= 11 is 0. The van der Waals surface area contributed by atoms with Crippen LogP contribution in [-0.2, 0) is 16.8 Å². The van der Waals surface area contributed by atoms with Crippen molar-refractivity contribution in [2.24, 2.45) is 11.7 Å². The lowest BCUT2D eigenvalue weighted by molar-refractivity contribution is -0.125. The molecule has 2 unspecified atom stereocenters. The Kier molecular flexibility index (Phi) is 5.12. The zero-order chi connectivity index (χ0) is 14.6. The molecule has 0 saturated heterocycles. The van der Waals surface area contributed by atoms with Crippen molar-refractivity contribution in [2.45, 2.75) is 52.6 Å². The van der Waals surface area contributed by atoms with Crippen molar-refractivity contribution >= 4 is 5.91 Å². The van der Waals surface area contributed by atoms with Gasteiger partial charge in [-0.05, 0) is 23.5 Å². The minimum Gasteiger partial charge on any atom is -0.352 e. The Morgan fingerprint density at radius 2 is 1.74 bits per heavy atom. The SMILES string of the molecule is CC(N)C(C)C(=O)NCc1ccc(C(C)(C)C)cc1. The van der Waals surface area contributed by atoms with E-state index in [1.54, 1.807) is 0 Å². The van der Waals surface area contributed by atoms with Gasteiger partial charge in [-0.2, -0.15) is 0 Å². The molecule has 19 heavy (non-hydrogen) atoms. The Labute approximate surface area is 116 Å². The molecule has 0 fully saturated rings.